The van der Waals surface area contributed by atoms with E-state index in [2.05, 4.69) is 11.9 Å². The number of carbonyl (C=O) groups is 1. The lowest BCUT2D eigenvalue weighted by Crippen LogP contribution is -2.17. The first kappa shape index (κ1) is 8.75. The molecule has 0 aromatic heterocycles. The second-order valence-corrected chi connectivity index (χ2v) is 3.38. The molecule has 1 N–H and O–H groups in total. The van der Waals surface area contributed by atoms with E-state index >= 15 is 0 Å². The summed E-state index contributed by atoms with van der Waals surface area (Å²) in [7, 11) is 0. The average molecular weight is 174 g/mol. The maximum Gasteiger partial charge on any atom is 0.142 e. The van der Waals surface area contributed by atoms with Crippen LogP contribution in [0.15, 0.2) is 11.6 Å². The van der Waals surface area contributed by atoms with Crippen LogP contribution >= 0.6 is 11.6 Å². The number of ketones is 1. The van der Waals surface area contributed by atoms with Gasteiger partial charge < -0.3 is 5.32 Å². The predicted octanol–water partition coefficient (Wildman–Crippen LogP) is 1.31. The summed E-state index contributed by atoms with van der Waals surface area (Å²) in [5.74, 6) is 0.389. The molecule has 0 saturated carbocycles. The van der Waals surface area contributed by atoms with Crippen LogP contribution in [0.3, 0.4) is 0 Å². The van der Waals surface area contributed by atoms with Gasteiger partial charge in [0.05, 0.1) is 0 Å². The molecule has 2 nitrogen and oxygen atoms in total. The summed E-state index contributed by atoms with van der Waals surface area (Å²) >= 11 is 5.52. The second-order valence-electron chi connectivity index (χ2n) is 2.85. The summed E-state index contributed by atoms with van der Waals surface area (Å²) in [5.41, 5.74) is 0. The van der Waals surface area contributed by atoms with E-state index in [1.807, 2.05) is 0 Å². The fraction of sp³-hybridized carbons (Fsp3) is 0.625. The summed E-state index contributed by atoms with van der Waals surface area (Å²) in [5, 5.41) is 3.58. The Hall–Kier alpha value is -0.340. The van der Waals surface area contributed by atoms with E-state index < -0.39 is 0 Å². The van der Waals surface area contributed by atoms with E-state index in [9.17, 15) is 4.79 Å². The van der Waals surface area contributed by atoms with Gasteiger partial charge >= 0.3 is 0 Å². The summed E-state index contributed by atoms with van der Waals surface area (Å²) in [6.45, 7) is 5.25. The van der Waals surface area contributed by atoms with Crippen LogP contribution in [0.4, 0.5) is 0 Å². The van der Waals surface area contributed by atoms with Crippen molar-refractivity contribution in [3.63, 3.8) is 0 Å². The number of halogens is 1. The largest absolute Gasteiger partial charge is 0.316 e. The molecule has 1 aliphatic rings. The first-order valence-corrected chi connectivity index (χ1v) is 4.14. The Morgan fingerprint density at radius 1 is 1.73 bits per heavy atom. The van der Waals surface area contributed by atoms with E-state index in [1.165, 1.54) is 0 Å². The number of rotatable bonds is 3. The predicted molar refractivity (Wildman–Crippen MR) is 45.6 cm³/mol. The second kappa shape index (κ2) is 3.88. The van der Waals surface area contributed by atoms with Crippen molar-refractivity contribution in [2.45, 2.75) is 12.8 Å². The Morgan fingerprint density at radius 2 is 2.45 bits per heavy atom. The number of carbonyl (C=O) groups excluding carboxylic acids is 1. The Morgan fingerprint density at radius 3 is 2.91 bits per heavy atom. The number of hydrogen-bond acceptors (Lipinski definition) is 2. The van der Waals surface area contributed by atoms with Crippen molar-refractivity contribution in [3.05, 3.63) is 11.6 Å². The summed E-state index contributed by atoms with van der Waals surface area (Å²) in [6.07, 6.45) is 1.27. The van der Waals surface area contributed by atoms with Gasteiger partial charge in [-0.15, -0.1) is 0 Å². The van der Waals surface area contributed by atoms with Crippen molar-refractivity contribution in [1.29, 1.82) is 0 Å². The van der Waals surface area contributed by atoms with E-state index in [4.69, 9.17) is 11.6 Å². The zero-order valence-electron chi connectivity index (χ0n) is 6.40. The molecule has 0 unspecified atom stereocenters. The maximum absolute atomic E-state index is 11.3. The number of Topliss-reactive ketones (excluding diaryl/α,β-unsaturated/α-hetero) is 1. The van der Waals surface area contributed by atoms with E-state index in [-0.39, 0.29) is 11.7 Å². The van der Waals surface area contributed by atoms with E-state index in [1.54, 1.807) is 0 Å². The van der Waals surface area contributed by atoms with Crippen molar-refractivity contribution in [2.24, 2.45) is 5.92 Å². The van der Waals surface area contributed by atoms with Gasteiger partial charge in [-0.3, -0.25) is 4.79 Å². The summed E-state index contributed by atoms with van der Waals surface area (Å²) in [4.78, 5) is 11.3. The maximum atomic E-state index is 11.3. The molecule has 3 heteroatoms. The standard InChI is InChI=1S/C8H12ClNO/c1-6(9)4-8(11)7-2-3-10-5-7/h7,10H,1-5H2/t7-/m0/s1. The molecule has 1 saturated heterocycles. The van der Waals surface area contributed by atoms with Gasteiger partial charge in [0, 0.05) is 23.9 Å². The molecule has 62 valence electrons. The number of allylic oxidation sites excluding steroid dienone is 1. The molecule has 1 heterocycles. The molecule has 0 aliphatic carbocycles. The Labute approximate surface area is 71.6 Å². The van der Waals surface area contributed by atoms with Crippen LogP contribution in [0.25, 0.3) is 0 Å². The van der Waals surface area contributed by atoms with Crippen LogP contribution in [0, 0.1) is 5.92 Å². The van der Waals surface area contributed by atoms with Gasteiger partial charge in [-0.25, -0.2) is 0 Å². The smallest absolute Gasteiger partial charge is 0.142 e. The topological polar surface area (TPSA) is 29.1 Å². The first-order valence-electron chi connectivity index (χ1n) is 3.77. The molecule has 0 spiro atoms. The van der Waals surface area contributed by atoms with Gasteiger partial charge in [0.25, 0.3) is 0 Å². The minimum atomic E-state index is 0.172. The monoisotopic (exact) mass is 173 g/mol. The lowest BCUT2D eigenvalue weighted by Gasteiger charge is -2.04. The molecule has 1 fully saturated rings. The molecule has 0 amide bonds. The fourth-order valence-electron chi connectivity index (χ4n) is 1.26. The molecular weight excluding hydrogens is 162 g/mol. The highest BCUT2D eigenvalue weighted by atomic mass is 35.5. The van der Waals surface area contributed by atoms with Gasteiger partial charge in [0.15, 0.2) is 0 Å². The molecule has 0 aromatic carbocycles. The van der Waals surface area contributed by atoms with E-state index in [0.29, 0.717) is 11.5 Å². The van der Waals surface area contributed by atoms with Gasteiger partial charge in [-0.05, 0) is 13.0 Å². The van der Waals surface area contributed by atoms with Crippen LogP contribution in [-0.2, 0) is 4.79 Å². The van der Waals surface area contributed by atoms with Crippen molar-refractivity contribution < 1.29 is 4.79 Å². The van der Waals surface area contributed by atoms with Gasteiger partial charge in [-0.2, -0.15) is 0 Å². The van der Waals surface area contributed by atoms with Crippen LogP contribution in [0.1, 0.15) is 12.8 Å². The van der Waals surface area contributed by atoms with Crippen LogP contribution in [-0.4, -0.2) is 18.9 Å². The molecule has 1 aliphatic heterocycles. The minimum Gasteiger partial charge on any atom is -0.316 e. The normalized spacial score (nSPS) is 23.5. The summed E-state index contributed by atoms with van der Waals surface area (Å²) < 4.78 is 0. The van der Waals surface area contributed by atoms with E-state index in [0.717, 1.165) is 19.5 Å². The molecule has 1 rings (SSSR count). The third kappa shape index (κ3) is 2.64. The quantitative estimate of drug-likeness (QED) is 0.698. The zero-order chi connectivity index (χ0) is 8.27. The molecule has 0 bridgehead atoms. The van der Waals surface area contributed by atoms with Crippen LogP contribution in [0.2, 0.25) is 0 Å². The fourth-order valence-corrected chi connectivity index (χ4v) is 1.39. The Bertz CT molecular complexity index is 173. The molecule has 0 radical (unpaired) electrons. The highest BCUT2D eigenvalue weighted by Gasteiger charge is 2.21. The SMILES string of the molecule is C=C(Cl)CC(=O)[C@H]1CCNC1. The summed E-state index contributed by atoms with van der Waals surface area (Å²) in [6, 6.07) is 0. The van der Waals surface area contributed by atoms with Crippen molar-refractivity contribution >= 4 is 17.4 Å². The molecular formula is C8H12ClNO. The minimum absolute atomic E-state index is 0.172. The number of nitrogens with one attached hydrogen (secondary N) is 1. The van der Waals surface area contributed by atoms with Crippen LogP contribution < -0.4 is 5.32 Å². The first-order chi connectivity index (χ1) is 5.20. The zero-order valence-corrected chi connectivity index (χ0v) is 7.16. The van der Waals surface area contributed by atoms with Crippen molar-refractivity contribution in [1.82, 2.24) is 5.32 Å². The lowest BCUT2D eigenvalue weighted by molar-refractivity contribution is -0.121. The third-order valence-electron chi connectivity index (χ3n) is 1.88. The Kier molecular flexibility index (Phi) is 3.09. The van der Waals surface area contributed by atoms with Crippen molar-refractivity contribution in [2.75, 3.05) is 13.1 Å². The van der Waals surface area contributed by atoms with Crippen molar-refractivity contribution in [3.8, 4) is 0 Å². The Balaban J connectivity index is 2.34. The van der Waals surface area contributed by atoms with Gasteiger partial charge in [-0.1, -0.05) is 18.2 Å². The van der Waals surface area contributed by atoms with Gasteiger partial charge in [0.1, 0.15) is 5.78 Å². The highest BCUT2D eigenvalue weighted by Crippen LogP contribution is 2.14. The number of hydrogen-bond donors (Lipinski definition) is 1. The van der Waals surface area contributed by atoms with Crippen LogP contribution in [0.5, 0.6) is 0 Å². The lowest BCUT2D eigenvalue weighted by atomic mass is 10.0. The average Bonchev–Trinajstić information content (AvgIpc) is 2.35. The third-order valence-corrected chi connectivity index (χ3v) is 2.02. The highest BCUT2D eigenvalue weighted by molar-refractivity contribution is 6.30. The van der Waals surface area contributed by atoms with Gasteiger partial charge in [0.2, 0.25) is 0 Å². The molecule has 0 aromatic rings. The molecule has 11 heavy (non-hydrogen) atoms. The molecule has 1 atom stereocenters.